The maximum Gasteiger partial charge on any atom is 0.244 e. The van der Waals surface area contributed by atoms with Crippen LogP contribution in [0.2, 0.25) is 0 Å². The van der Waals surface area contributed by atoms with Crippen molar-refractivity contribution in [3.63, 3.8) is 0 Å². The second-order valence-electron chi connectivity index (χ2n) is 4.65. The van der Waals surface area contributed by atoms with Crippen LogP contribution in [0, 0.1) is 0 Å². The van der Waals surface area contributed by atoms with Gasteiger partial charge in [0.15, 0.2) is 0 Å². The van der Waals surface area contributed by atoms with Crippen LogP contribution in [-0.2, 0) is 4.79 Å². The van der Waals surface area contributed by atoms with Crippen LogP contribution >= 0.6 is 11.8 Å². The second-order valence-corrected chi connectivity index (χ2v) is 6.13. The highest BCUT2D eigenvalue weighted by Crippen LogP contribution is 2.40. The lowest BCUT2D eigenvalue weighted by molar-refractivity contribution is -0.118. The van der Waals surface area contributed by atoms with Gasteiger partial charge in [0.05, 0.1) is 11.9 Å². The Bertz CT molecular complexity index is 444. The van der Waals surface area contributed by atoms with Crippen LogP contribution in [0.4, 0.5) is 0 Å². The van der Waals surface area contributed by atoms with Gasteiger partial charge in [0.25, 0.3) is 0 Å². The third-order valence-corrected chi connectivity index (χ3v) is 4.73. The van der Waals surface area contributed by atoms with Crippen molar-refractivity contribution < 1.29 is 14.3 Å². The number of hydrogen-bond donors (Lipinski definition) is 2. The largest absolute Gasteiger partial charge is 0.465 e. The van der Waals surface area contributed by atoms with E-state index in [-0.39, 0.29) is 11.2 Å². The van der Waals surface area contributed by atoms with Crippen molar-refractivity contribution in [3.05, 3.63) is 30.2 Å². The maximum absolute atomic E-state index is 11.6. The Morgan fingerprint density at radius 2 is 2.58 bits per heavy atom. The Morgan fingerprint density at radius 1 is 1.74 bits per heavy atom. The van der Waals surface area contributed by atoms with E-state index in [1.54, 1.807) is 36.2 Å². The predicted molar refractivity (Wildman–Crippen MR) is 76.9 cm³/mol. The molecule has 0 radical (unpaired) electrons. The number of thioether (sulfide) groups is 1. The van der Waals surface area contributed by atoms with Crippen LogP contribution in [0.5, 0.6) is 0 Å². The number of nitrogens with one attached hydrogen (secondary N) is 1. The van der Waals surface area contributed by atoms with Crippen LogP contribution in [0.25, 0.3) is 6.08 Å². The summed E-state index contributed by atoms with van der Waals surface area (Å²) in [5.74, 6) is 1.41. The molecule has 1 fully saturated rings. The van der Waals surface area contributed by atoms with Gasteiger partial charge in [-0.15, -0.1) is 0 Å². The number of aliphatic hydroxyl groups is 1. The van der Waals surface area contributed by atoms with Crippen LogP contribution < -0.4 is 5.32 Å². The maximum atomic E-state index is 11.6. The van der Waals surface area contributed by atoms with Crippen molar-refractivity contribution in [3.8, 4) is 0 Å². The van der Waals surface area contributed by atoms with Crippen molar-refractivity contribution in [2.75, 3.05) is 12.3 Å². The summed E-state index contributed by atoms with van der Waals surface area (Å²) in [4.78, 5) is 11.6. The highest BCUT2D eigenvalue weighted by molar-refractivity contribution is 8.00. The Morgan fingerprint density at radius 3 is 3.16 bits per heavy atom. The topological polar surface area (TPSA) is 62.5 Å². The molecule has 0 unspecified atom stereocenters. The third kappa shape index (κ3) is 3.64. The molecule has 2 atom stereocenters. The summed E-state index contributed by atoms with van der Waals surface area (Å²) < 4.78 is 5.09. The summed E-state index contributed by atoms with van der Waals surface area (Å²) in [7, 11) is 0. The average molecular weight is 281 g/mol. The normalized spacial score (nSPS) is 26.3. The zero-order valence-electron chi connectivity index (χ0n) is 11.0. The Hall–Kier alpha value is -1.20. The van der Waals surface area contributed by atoms with Gasteiger partial charge >= 0.3 is 0 Å². The van der Waals surface area contributed by atoms with Gasteiger partial charge in [0.2, 0.25) is 5.91 Å². The second kappa shape index (κ2) is 6.30. The third-order valence-electron chi connectivity index (χ3n) is 3.32. The molecule has 19 heavy (non-hydrogen) atoms. The molecule has 1 amide bonds. The summed E-state index contributed by atoms with van der Waals surface area (Å²) in [6.07, 6.45) is 6.36. The molecular weight excluding hydrogens is 262 g/mol. The lowest BCUT2D eigenvalue weighted by atomic mass is 9.79. The minimum Gasteiger partial charge on any atom is -0.465 e. The van der Waals surface area contributed by atoms with Crippen LogP contribution in [-0.4, -0.2) is 34.2 Å². The molecule has 2 rings (SSSR count). The van der Waals surface area contributed by atoms with Crippen LogP contribution in [0.3, 0.4) is 0 Å². The standard InChI is InChI=1S/C14H19NO3S/c1-2-19-12-7-8-14(12,17)10-15-13(16)6-5-11-4-3-9-18-11/h3-6,9,12,17H,2,7-8,10H2,1H3,(H,15,16)/b6-5+/t12-,14-/m0/s1. The van der Waals surface area contributed by atoms with Crippen molar-refractivity contribution in [1.82, 2.24) is 5.32 Å². The molecule has 4 nitrogen and oxygen atoms in total. The fourth-order valence-electron chi connectivity index (χ4n) is 2.08. The summed E-state index contributed by atoms with van der Waals surface area (Å²) >= 11 is 1.75. The lowest BCUT2D eigenvalue weighted by Gasteiger charge is -2.44. The van der Waals surface area contributed by atoms with E-state index >= 15 is 0 Å². The Balaban J connectivity index is 1.77. The molecule has 0 saturated heterocycles. The highest BCUT2D eigenvalue weighted by atomic mass is 32.2. The predicted octanol–water partition coefficient (Wildman–Crippen LogP) is 2.06. The van der Waals surface area contributed by atoms with Gasteiger partial charge in [0, 0.05) is 17.9 Å². The SMILES string of the molecule is CCS[C@H]1CC[C@]1(O)CNC(=O)/C=C/c1ccco1. The molecule has 1 saturated carbocycles. The van der Waals surface area contributed by atoms with Crippen LogP contribution in [0.15, 0.2) is 28.9 Å². The van der Waals surface area contributed by atoms with Crippen molar-refractivity contribution in [2.24, 2.45) is 0 Å². The van der Waals surface area contributed by atoms with Gasteiger partial charge in [-0.25, -0.2) is 0 Å². The molecule has 1 heterocycles. The summed E-state index contributed by atoms with van der Waals surface area (Å²) in [6, 6.07) is 3.54. The van der Waals surface area contributed by atoms with E-state index in [2.05, 4.69) is 12.2 Å². The van der Waals surface area contributed by atoms with Gasteiger partial charge in [0.1, 0.15) is 5.76 Å². The van der Waals surface area contributed by atoms with Gasteiger partial charge in [-0.1, -0.05) is 6.92 Å². The molecule has 1 aliphatic carbocycles. The average Bonchev–Trinajstić information content (AvgIpc) is 2.91. The molecule has 1 aromatic heterocycles. The number of amides is 1. The van der Waals surface area contributed by atoms with Crippen molar-refractivity contribution >= 4 is 23.7 Å². The fraction of sp³-hybridized carbons (Fsp3) is 0.500. The van der Waals surface area contributed by atoms with E-state index in [0.29, 0.717) is 12.3 Å². The van der Waals surface area contributed by atoms with Crippen molar-refractivity contribution in [2.45, 2.75) is 30.6 Å². The first-order chi connectivity index (χ1) is 9.14. The zero-order chi connectivity index (χ0) is 13.7. The summed E-state index contributed by atoms with van der Waals surface area (Å²) in [5.41, 5.74) is -0.741. The number of carbonyl (C=O) groups is 1. The summed E-state index contributed by atoms with van der Waals surface area (Å²) in [6.45, 7) is 2.39. The number of hydrogen-bond acceptors (Lipinski definition) is 4. The number of rotatable bonds is 6. The molecule has 0 aliphatic heterocycles. The Kier molecular flexibility index (Phi) is 4.71. The number of furan rings is 1. The van der Waals surface area contributed by atoms with Gasteiger partial charge in [-0.05, 0) is 36.8 Å². The van der Waals surface area contributed by atoms with Gasteiger partial charge in [-0.3, -0.25) is 4.79 Å². The highest BCUT2D eigenvalue weighted by Gasteiger charge is 2.45. The monoisotopic (exact) mass is 281 g/mol. The van der Waals surface area contributed by atoms with E-state index in [4.69, 9.17) is 4.42 Å². The van der Waals surface area contributed by atoms with Gasteiger partial charge < -0.3 is 14.8 Å². The van der Waals surface area contributed by atoms with Crippen molar-refractivity contribution in [1.29, 1.82) is 0 Å². The van der Waals surface area contributed by atoms with E-state index in [1.807, 2.05) is 0 Å². The molecule has 1 aromatic rings. The Labute approximate surface area is 117 Å². The fourth-order valence-corrected chi connectivity index (χ4v) is 3.28. The molecule has 0 bridgehead atoms. The van der Waals surface area contributed by atoms with E-state index < -0.39 is 5.60 Å². The quantitative estimate of drug-likeness (QED) is 0.783. The van der Waals surface area contributed by atoms with E-state index in [1.165, 1.54) is 6.08 Å². The van der Waals surface area contributed by atoms with E-state index in [0.717, 1.165) is 18.6 Å². The summed E-state index contributed by atoms with van der Waals surface area (Å²) in [5, 5.41) is 13.3. The molecule has 104 valence electrons. The number of carbonyl (C=O) groups excluding carboxylic acids is 1. The van der Waals surface area contributed by atoms with Gasteiger partial charge in [-0.2, -0.15) is 11.8 Å². The molecule has 5 heteroatoms. The molecule has 0 spiro atoms. The molecule has 1 aliphatic rings. The minimum absolute atomic E-state index is 0.211. The minimum atomic E-state index is -0.741. The molecule has 2 N–H and O–H groups in total. The first-order valence-corrected chi connectivity index (χ1v) is 7.52. The smallest absolute Gasteiger partial charge is 0.244 e. The molecule has 0 aromatic carbocycles. The van der Waals surface area contributed by atoms with Crippen LogP contribution in [0.1, 0.15) is 25.5 Å². The zero-order valence-corrected chi connectivity index (χ0v) is 11.8. The first-order valence-electron chi connectivity index (χ1n) is 6.47. The first kappa shape index (κ1) is 14.2. The molecular formula is C14H19NO3S. The lowest BCUT2D eigenvalue weighted by Crippen LogP contribution is -2.56. The van der Waals surface area contributed by atoms with E-state index in [9.17, 15) is 9.90 Å².